The lowest BCUT2D eigenvalue weighted by Gasteiger charge is -2.50. The predicted octanol–water partition coefficient (Wildman–Crippen LogP) is 0.164. The molecule has 2 rings (SSSR count). The summed E-state index contributed by atoms with van der Waals surface area (Å²) in [6.07, 6.45) is -5.28. The molecule has 0 radical (unpaired) electrons. The Morgan fingerprint density at radius 2 is 1.53 bits per heavy atom. The Hall–Kier alpha value is -2.53. The molecule has 30 heavy (non-hydrogen) atoms. The van der Waals surface area contributed by atoms with Gasteiger partial charge in [0.2, 0.25) is 11.9 Å². The number of rotatable bonds is 7. The summed E-state index contributed by atoms with van der Waals surface area (Å²) in [6, 6.07) is 6.52. The van der Waals surface area contributed by atoms with Gasteiger partial charge in [0.1, 0.15) is 6.10 Å². The number of aliphatic hydroxyl groups excluding tert-OH is 2. The number of hydrogen-bond acceptors (Lipinski definition) is 10. The molecule has 1 saturated heterocycles. The van der Waals surface area contributed by atoms with Crippen molar-refractivity contribution >= 4 is 17.9 Å². The second-order valence-corrected chi connectivity index (χ2v) is 6.70. The molecule has 1 aromatic carbocycles. The SMILES string of the molecule is CO[C@]1(c2ccccc2CO)O[C@H](CO)[C@@H](OC(C)=O)[C@H](OC(C)=O)[C@H]1OC(C)=O. The van der Waals surface area contributed by atoms with Gasteiger partial charge in [0.25, 0.3) is 0 Å². The summed E-state index contributed by atoms with van der Waals surface area (Å²) in [5, 5.41) is 19.7. The minimum absolute atomic E-state index is 0.290. The van der Waals surface area contributed by atoms with Crippen LogP contribution in [0.4, 0.5) is 0 Å². The van der Waals surface area contributed by atoms with Crippen molar-refractivity contribution in [1.29, 1.82) is 0 Å². The normalized spacial score (nSPS) is 28.5. The molecule has 5 atom stereocenters. The van der Waals surface area contributed by atoms with Gasteiger partial charge in [-0.15, -0.1) is 0 Å². The second-order valence-electron chi connectivity index (χ2n) is 6.70. The molecule has 0 aromatic heterocycles. The molecule has 1 heterocycles. The molecule has 0 amide bonds. The Balaban J connectivity index is 2.73. The predicted molar refractivity (Wildman–Crippen MR) is 99.7 cm³/mol. The monoisotopic (exact) mass is 426 g/mol. The summed E-state index contributed by atoms with van der Waals surface area (Å²) in [7, 11) is 1.27. The Morgan fingerprint density at radius 1 is 0.967 bits per heavy atom. The van der Waals surface area contributed by atoms with Crippen LogP contribution in [0.25, 0.3) is 0 Å². The molecule has 0 aliphatic carbocycles. The Labute approximate surface area is 173 Å². The molecule has 0 bridgehead atoms. The largest absolute Gasteiger partial charge is 0.456 e. The quantitative estimate of drug-likeness (QED) is 0.458. The van der Waals surface area contributed by atoms with Gasteiger partial charge in [-0.25, -0.2) is 0 Å². The zero-order valence-corrected chi connectivity index (χ0v) is 17.2. The van der Waals surface area contributed by atoms with Crippen LogP contribution in [-0.4, -0.2) is 66.3 Å². The highest BCUT2D eigenvalue weighted by molar-refractivity contribution is 5.68. The first kappa shape index (κ1) is 23.7. The first-order valence-corrected chi connectivity index (χ1v) is 9.24. The Kier molecular flexibility index (Phi) is 7.90. The topological polar surface area (TPSA) is 138 Å². The van der Waals surface area contributed by atoms with Crippen LogP contribution in [0, 0.1) is 0 Å². The van der Waals surface area contributed by atoms with E-state index in [-0.39, 0.29) is 5.56 Å². The van der Waals surface area contributed by atoms with Crippen molar-refractivity contribution in [2.45, 2.75) is 57.6 Å². The fourth-order valence-electron chi connectivity index (χ4n) is 3.57. The van der Waals surface area contributed by atoms with E-state index in [1.807, 2.05) is 0 Å². The van der Waals surface area contributed by atoms with E-state index in [4.69, 9.17) is 23.7 Å². The molecule has 1 fully saturated rings. The van der Waals surface area contributed by atoms with Crippen LogP contribution in [-0.2, 0) is 50.5 Å². The average Bonchev–Trinajstić information content (AvgIpc) is 2.70. The maximum atomic E-state index is 11.9. The lowest BCUT2D eigenvalue weighted by atomic mass is 9.85. The molecule has 0 spiro atoms. The number of hydrogen-bond donors (Lipinski definition) is 2. The average molecular weight is 426 g/mol. The van der Waals surface area contributed by atoms with Gasteiger partial charge < -0.3 is 33.9 Å². The van der Waals surface area contributed by atoms with E-state index in [0.29, 0.717) is 5.56 Å². The van der Waals surface area contributed by atoms with E-state index in [2.05, 4.69) is 0 Å². The van der Waals surface area contributed by atoms with Crippen molar-refractivity contribution in [3.05, 3.63) is 35.4 Å². The summed E-state index contributed by atoms with van der Waals surface area (Å²) >= 11 is 0. The number of esters is 3. The van der Waals surface area contributed by atoms with Gasteiger partial charge in [-0.05, 0) is 5.56 Å². The van der Waals surface area contributed by atoms with Crippen LogP contribution >= 0.6 is 0 Å². The maximum Gasteiger partial charge on any atom is 0.303 e. The Bertz CT molecular complexity index is 779. The van der Waals surface area contributed by atoms with Crippen molar-refractivity contribution in [2.75, 3.05) is 13.7 Å². The van der Waals surface area contributed by atoms with Crippen molar-refractivity contribution in [3.63, 3.8) is 0 Å². The molecule has 10 heteroatoms. The third-order valence-electron chi connectivity index (χ3n) is 4.63. The summed E-state index contributed by atoms with van der Waals surface area (Å²) in [5.41, 5.74) is 0.679. The van der Waals surface area contributed by atoms with Gasteiger partial charge in [-0.3, -0.25) is 14.4 Å². The molecule has 1 aromatic rings. The van der Waals surface area contributed by atoms with Gasteiger partial charge in [-0.1, -0.05) is 24.3 Å². The summed E-state index contributed by atoms with van der Waals surface area (Å²) < 4.78 is 27.8. The van der Waals surface area contributed by atoms with E-state index < -0.39 is 61.3 Å². The first-order valence-electron chi connectivity index (χ1n) is 9.24. The van der Waals surface area contributed by atoms with Crippen LogP contribution in [0.2, 0.25) is 0 Å². The number of carbonyl (C=O) groups excluding carboxylic acids is 3. The van der Waals surface area contributed by atoms with Gasteiger partial charge in [0.05, 0.1) is 13.2 Å². The summed E-state index contributed by atoms with van der Waals surface area (Å²) in [6.45, 7) is 2.39. The molecule has 0 saturated carbocycles. The zero-order valence-electron chi connectivity index (χ0n) is 17.2. The van der Waals surface area contributed by atoms with E-state index in [1.54, 1.807) is 24.3 Å². The van der Waals surface area contributed by atoms with E-state index >= 15 is 0 Å². The van der Waals surface area contributed by atoms with E-state index in [9.17, 15) is 24.6 Å². The molecule has 2 N–H and O–H groups in total. The van der Waals surface area contributed by atoms with E-state index in [0.717, 1.165) is 20.8 Å². The van der Waals surface area contributed by atoms with Crippen LogP contribution in [0.5, 0.6) is 0 Å². The first-order chi connectivity index (χ1) is 14.2. The number of aliphatic hydroxyl groups is 2. The highest BCUT2D eigenvalue weighted by Gasteiger charge is 2.61. The molecule has 1 aliphatic heterocycles. The van der Waals surface area contributed by atoms with Crippen molar-refractivity contribution in [3.8, 4) is 0 Å². The second kappa shape index (κ2) is 9.98. The smallest absolute Gasteiger partial charge is 0.303 e. The van der Waals surface area contributed by atoms with Crippen LogP contribution in [0.3, 0.4) is 0 Å². The third-order valence-corrected chi connectivity index (χ3v) is 4.63. The molecular weight excluding hydrogens is 400 g/mol. The molecular formula is C20H26O10. The van der Waals surface area contributed by atoms with Gasteiger partial charge in [-0.2, -0.15) is 0 Å². The fourth-order valence-corrected chi connectivity index (χ4v) is 3.57. The maximum absolute atomic E-state index is 11.9. The zero-order chi connectivity index (χ0) is 22.5. The van der Waals surface area contributed by atoms with Gasteiger partial charge >= 0.3 is 17.9 Å². The van der Waals surface area contributed by atoms with Crippen molar-refractivity contribution in [2.24, 2.45) is 0 Å². The highest BCUT2D eigenvalue weighted by Crippen LogP contribution is 2.44. The van der Waals surface area contributed by atoms with Crippen molar-refractivity contribution < 1.29 is 48.3 Å². The Morgan fingerprint density at radius 3 is 2.03 bits per heavy atom. The van der Waals surface area contributed by atoms with Crippen LogP contribution in [0.1, 0.15) is 31.9 Å². The number of methoxy groups -OCH3 is 1. The van der Waals surface area contributed by atoms with Gasteiger partial charge in [0.15, 0.2) is 12.2 Å². The fraction of sp³-hybridized carbons (Fsp3) is 0.550. The molecule has 1 aliphatic rings. The molecule has 166 valence electrons. The van der Waals surface area contributed by atoms with Gasteiger partial charge in [0, 0.05) is 33.4 Å². The highest BCUT2D eigenvalue weighted by atomic mass is 16.7. The minimum Gasteiger partial charge on any atom is -0.456 e. The number of ether oxygens (including phenoxy) is 5. The number of benzene rings is 1. The minimum atomic E-state index is -1.88. The summed E-state index contributed by atoms with van der Waals surface area (Å²) in [5.74, 6) is -4.09. The lowest BCUT2D eigenvalue weighted by molar-refractivity contribution is -0.368. The van der Waals surface area contributed by atoms with E-state index in [1.165, 1.54) is 7.11 Å². The molecule has 10 nitrogen and oxygen atoms in total. The van der Waals surface area contributed by atoms with Crippen molar-refractivity contribution in [1.82, 2.24) is 0 Å². The standard InChI is InChI=1S/C20H26O10/c1-11(23)27-17-16(10-22)30-20(26-4,15-8-6-5-7-14(15)9-21)19(29-13(3)25)18(17)28-12(2)24/h5-8,16-19,21-22H,9-10H2,1-4H3/t16-,17-,18+,19-,20-/m1/s1. The molecule has 0 unspecified atom stereocenters. The van der Waals surface area contributed by atoms with Crippen LogP contribution < -0.4 is 0 Å². The lowest BCUT2D eigenvalue weighted by Crippen LogP contribution is -2.67. The summed E-state index contributed by atoms with van der Waals surface area (Å²) in [4.78, 5) is 35.4. The van der Waals surface area contributed by atoms with Crippen LogP contribution in [0.15, 0.2) is 24.3 Å². The number of carbonyl (C=O) groups is 3. The third kappa shape index (κ3) is 4.78.